The van der Waals surface area contributed by atoms with Crippen LogP contribution in [0.25, 0.3) is 0 Å². The minimum Gasteiger partial charge on any atom is -0.453 e. The number of ether oxygens (including phenoxy) is 1. The molecule has 1 heterocycles. The molecular formula is C14H24N2O2. The molecule has 4 heteroatoms. The first kappa shape index (κ1) is 13.4. The van der Waals surface area contributed by atoms with Gasteiger partial charge in [0.15, 0.2) is 0 Å². The molecule has 0 aromatic rings. The monoisotopic (exact) mass is 252 g/mol. The highest BCUT2D eigenvalue weighted by atomic mass is 16.5. The first-order chi connectivity index (χ1) is 8.79. The standard InChI is InChI=1S/C14H24N2O2/c1-18-14(17)16-9-5-8-13(11-16)15-10-12-6-3-2-4-7-12/h2-3,12-13,15H,4-11H2,1H3/t12-,13+/m0/s1. The molecule has 0 saturated carbocycles. The van der Waals surface area contributed by atoms with E-state index in [0.717, 1.165) is 38.4 Å². The fourth-order valence-electron chi connectivity index (χ4n) is 2.81. The number of nitrogens with one attached hydrogen (secondary N) is 1. The summed E-state index contributed by atoms with van der Waals surface area (Å²) in [7, 11) is 1.45. The normalized spacial score (nSPS) is 28.2. The number of allylic oxidation sites excluding steroid dienone is 2. The fourth-order valence-corrected chi connectivity index (χ4v) is 2.81. The average Bonchev–Trinajstić information content (AvgIpc) is 2.45. The van der Waals surface area contributed by atoms with Gasteiger partial charge in [-0.15, -0.1) is 0 Å². The predicted octanol–water partition coefficient (Wildman–Crippen LogP) is 2.16. The van der Waals surface area contributed by atoms with Gasteiger partial charge >= 0.3 is 6.09 Å². The highest BCUT2D eigenvalue weighted by Gasteiger charge is 2.24. The molecule has 1 saturated heterocycles. The Balaban J connectivity index is 1.72. The van der Waals surface area contributed by atoms with E-state index in [9.17, 15) is 4.79 Å². The van der Waals surface area contributed by atoms with E-state index in [1.807, 2.05) is 4.90 Å². The quantitative estimate of drug-likeness (QED) is 0.783. The molecule has 1 fully saturated rings. The first-order valence-corrected chi connectivity index (χ1v) is 7.01. The Bertz CT molecular complexity index is 304. The Kier molecular flexibility index (Phi) is 5.05. The molecular weight excluding hydrogens is 228 g/mol. The number of rotatable bonds is 3. The van der Waals surface area contributed by atoms with Gasteiger partial charge in [-0.05, 0) is 44.6 Å². The average molecular weight is 252 g/mol. The number of likely N-dealkylation sites (tertiary alicyclic amines) is 1. The van der Waals surface area contributed by atoms with Crippen LogP contribution in [-0.4, -0.2) is 43.8 Å². The fraction of sp³-hybridized carbons (Fsp3) is 0.786. The van der Waals surface area contributed by atoms with Gasteiger partial charge in [-0.2, -0.15) is 0 Å². The van der Waals surface area contributed by atoms with E-state index in [4.69, 9.17) is 4.74 Å². The SMILES string of the molecule is COC(=O)N1CCC[C@@H](NC[C@H]2CC=CCC2)C1. The minimum absolute atomic E-state index is 0.193. The third kappa shape index (κ3) is 3.73. The van der Waals surface area contributed by atoms with Crippen molar-refractivity contribution in [3.63, 3.8) is 0 Å². The molecule has 2 aliphatic rings. The molecule has 1 aliphatic carbocycles. The third-order valence-electron chi connectivity index (χ3n) is 3.93. The molecule has 0 bridgehead atoms. The van der Waals surface area contributed by atoms with Gasteiger partial charge in [0.1, 0.15) is 0 Å². The molecule has 1 N–H and O–H groups in total. The summed E-state index contributed by atoms with van der Waals surface area (Å²) in [5.41, 5.74) is 0. The van der Waals surface area contributed by atoms with Crippen molar-refractivity contribution in [1.29, 1.82) is 0 Å². The zero-order valence-corrected chi connectivity index (χ0v) is 11.2. The molecule has 4 nitrogen and oxygen atoms in total. The van der Waals surface area contributed by atoms with Gasteiger partial charge in [-0.3, -0.25) is 0 Å². The zero-order chi connectivity index (χ0) is 12.8. The van der Waals surface area contributed by atoms with Crippen LogP contribution in [0.4, 0.5) is 4.79 Å². The van der Waals surface area contributed by atoms with Crippen LogP contribution in [0.1, 0.15) is 32.1 Å². The molecule has 102 valence electrons. The zero-order valence-electron chi connectivity index (χ0n) is 11.2. The summed E-state index contributed by atoms with van der Waals surface area (Å²) in [6, 6.07) is 0.434. The molecule has 0 radical (unpaired) electrons. The maximum absolute atomic E-state index is 11.5. The van der Waals surface area contributed by atoms with Crippen molar-refractivity contribution >= 4 is 6.09 Å². The van der Waals surface area contributed by atoms with Crippen LogP contribution in [0, 0.1) is 5.92 Å². The summed E-state index contributed by atoms with van der Waals surface area (Å²) >= 11 is 0. The topological polar surface area (TPSA) is 41.6 Å². The van der Waals surface area contributed by atoms with Crippen LogP contribution >= 0.6 is 0 Å². The van der Waals surface area contributed by atoms with Crippen LogP contribution in [-0.2, 0) is 4.74 Å². The molecule has 0 aromatic heterocycles. The van der Waals surface area contributed by atoms with Crippen LogP contribution in [0.3, 0.4) is 0 Å². The smallest absolute Gasteiger partial charge is 0.409 e. The number of nitrogens with zero attached hydrogens (tertiary/aromatic N) is 1. The van der Waals surface area contributed by atoms with E-state index in [1.165, 1.54) is 26.4 Å². The number of carbonyl (C=O) groups excluding carboxylic acids is 1. The van der Waals surface area contributed by atoms with Gasteiger partial charge in [0.2, 0.25) is 0 Å². The largest absolute Gasteiger partial charge is 0.453 e. The van der Waals surface area contributed by atoms with Gasteiger partial charge in [0, 0.05) is 19.1 Å². The van der Waals surface area contributed by atoms with E-state index in [0.29, 0.717) is 6.04 Å². The van der Waals surface area contributed by atoms with Crippen molar-refractivity contribution in [3.8, 4) is 0 Å². The lowest BCUT2D eigenvalue weighted by Crippen LogP contribution is -2.48. The Morgan fingerprint density at radius 2 is 2.33 bits per heavy atom. The molecule has 1 amide bonds. The molecule has 2 atom stereocenters. The number of piperidine rings is 1. The van der Waals surface area contributed by atoms with E-state index in [-0.39, 0.29) is 6.09 Å². The Labute approximate surface area is 109 Å². The lowest BCUT2D eigenvalue weighted by molar-refractivity contribution is 0.107. The lowest BCUT2D eigenvalue weighted by atomic mass is 9.94. The summed E-state index contributed by atoms with van der Waals surface area (Å²) in [4.78, 5) is 13.3. The van der Waals surface area contributed by atoms with Crippen LogP contribution in [0.5, 0.6) is 0 Å². The second-order valence-corrected chi connectivity index (χ2v) is 5.31. The highest BCUT2D eigenvalue weighted by Crippen LogP contribution is 2.18. The second kappa shape index (κ2) is 6.78. The van der Waals surface area contributed by atoms with Gasteiger partial charge in [0.25, 0.3) is 0 Å². The number of hydrogen-bond donors (Lipinski definition) is 1. The van der Waals surface area contributed by atoms with Crippen molar-refractivity contribution in [2.45, 2.75) is 38.1 Å². The number of methoxy groups -OCH3 is 1. The molecule has 0 aromatic carbocycles. The minimum atomic E-state index is -0.193. The van der Waals surface area contributed by atoms with E-state index < -0.39 is 0 Å². The van der Waals surface area contributed by atoms with Crippen LogP contribution in [0.2, 0.25) is 0 Å². The third-order valence-corrected chi connectivity index (χ3v) is 3.93. The van der Waals surface area contributed by atoms with Crippen molar-refractivity contribution in [1.82, 2.24) is 10.2 Å². The summed E-state index contributed by atoms with van der Waals surface area (Å²) in [6.07, 6.45) is 10.3. The molecule has 0 unspecified atom stereocenters. The van der Waals surface area contributed by atoms with Crippen molar-refractivity contribution in [2.24, 2.45) is 5.92 Å². The summed E-state index contributed by atoms with van der Waals surface area (Å²) < 4.78 is 4.78. The van der Waals surface area contributed by atoms with E-state index in [1.54, 1.807) is 0 Å². The number of carbonyl (C=O) groups is 1. The number of amides is 1. The molecule has 1 aliphatic heterocycles. The van der Waals surface area contributed by atoms with Gasteiger partial charge in [0.05, 0.1) is 7.11 Å². The van der Waals surface area contributed by atoms with Gasteiger partial charge in [-0.25, -0.2) is 4.79 Å². The van der Waals surface area contributed by atoms with E-state index >= 15 is 0 Å². The Morgan fingerprint density at radius 1 is 1.44 bits per heavy atom. The predicted molar refractivity (Wildman–Crippen MR) is 71.5 cm³/mol. The lowest BCUT2D eigenvalue weighted by Gasteiger charge is -2.33. The first-order valence-electron chi connectivity index (χ1n) is 7.01. The number of hydrogen-bond acceptors (Lipinski definition) is 3. The van der Waals surface area contributed by atoms with Crippen molar-refractivity contribution < 1.29 is 9.53 Å². The summed E-state index contributed by atoms with van der Waals surface area (Å²) in [5.74, 6) is 0.767. The summed E-state index contributed by atoms with van der Waals surface area (Å²) in [6.45, 7) is 2.69. The molecule has 18 heavy (non-hydrogen) atoms. The van der Waals surface area contributed by atoms with Gasteiger partial charge in [-0.1, -0.05) is 12.2 Å². The Hall–Kier alpha value is -1.03. The van der Waals surface area contributed by atoms with E-state index in [2.05, 4.69) is 17.5 Å². The highest BCUT2D eigenvalue weighted by molar-refractivity contribution is 5.67. The Morgan fingerprint density at radius 3 is 3.06 bits per heavy atom. The second-order valence-electron chi connectivity index (χ2n) is 5.31. The van der Waals surface area contributed by atoms with Gasteiger partial charge < -0.3 is 15.0 Å². The molecule has 0 spiro atoms. The van der Waals surface area contributed by atoms with Crippen LogP contribution in [0.15, 0.2) is 12.2 Å². The maximum atomic E-state index is 11.5. The molecule has 2 rings (SSSR count). The summed E-state index contributed by atoms with van der Waals surface area (Å²) in [5, 5.41) is 3.62. The van der Waals surface area contributed by atoms with Crippen molar-refractivity contribution in [3.05, 3.63) is 12.2 Å². The maximum Gasteiger partial charge on any atom is 0.409 e. The van der Waals surface area contributed by atoms with Crippen LogP contribution < -0.4 is 5.32 Å². The van der Waals surface area contributed by atoms with Crippen molar-refractivity contribution in [2.75, 3.05) is 26.7 Å².